The van der Waals surface area contributed by atoms with E-state index in [0.29, 0.717) is 32.5 Å². The van der Waals surface area contributed by atoms with E-state index in [0.717, 1.165) is 36.2 Å². The van der Waals surface area contributed by atoms with E-state index < -0.39 is 18.1 Å². The summed E-state index contributed by atoms with van der Waals surface area (Å²) in [4.78, 5) is 39.7. The molecule has 1 heterocycles. The topological polar surface area (TPSA) is 109 Å². The SMILES string of the molecule is CCC[C@@H]1NC(=O)[C@@H](C(C)C)NC(=O)[C@@H](Cc2ccccc2)NCCOC2=C(/C=C/CNC1=O)CCC=C2. The van der Waals surface area contributed by atoms with Crippen molar-refractivity contribution >= 4 is 17.7 Å². The summed E-state index contributed by atoms with van der Waals surface area (Å²) in [7, 11) is 0. The number of ether oxygens (including phenoxy) is 1. The summed E-state index contributed by atoms with van der Waals surface area (Å²) in [5.41, 5.74) is 2.08. The first kappa shape index (κ1) is 29.2. The van der Waals surface area contributed by atoms with Gasteiger partial charge in [-0.2, -0.15) is 0 Å². The van der Waals surface area contributed by atoms with Crippen LogP contribution in [0.2, 0.25) is 0 Å². The number of carbonyl (C=O) groups is 3. The van der Waals surface area contributed by atoms with Crippen molar-refractivity contribution in [3.8, 4) is 0 Å². The second-order valence-electron chi connectivity index (χ2n) is 10.1. The summed E-state index contributed by atoms with van der Waals surface area (Å²) in [5, 5.41) is 12.1. The lowest BCUT2D eigenvalue weighted by Gasteiger charge is -2.27. The van der Waals surface area contributed by atoms with Gasteiger partial charge in [-0.3, -0.25) is 14.4 Å². The maximum Gasteiger partial charge on any atom is 0.243 e. The van der Waals surface area contributed by atoms with E-state index in [9.17, 15) is 14.4 Å². The van der Waals surface area contributed by atoms with Gasteiger partial charge in [-0.15, -0.1) is 0 Å². The number of carbonyl (C=O) groups excluding carboxylic acids is 3. The second kappa shape index (κ2) is 15.1. The van der Waals surface area contributed by atoms with Gasteiger partial charge in [-0.05, 0) is 48.8 Å². The minimum Gasteiger partial charge on any atom is -0.492 e. The first-order valence-corrected chi connectivity index (χ1v) is 13.7. The summed E-state index contributed by atoms with van der Waals surface area (Å²) in [6, 6.07) is 7.78. The van der Waals surface area contributed by atoms with E-state index in [4.69, 9.17) is 4.74 Å². The molecule has 8 nitrogen and oxygen atoms in total. The van der Waals surface area contributed by atoms with Gasteiger partial charge in [-0.1, -0.05) is 75.8 Å². The van der Waals surface area contributed by atoms with Gasteiger partial charge in [-0.25, -0.2) is 0 Å². The largest absolute Gasteiger partial charge is 0.492 e. The number of amides is 3. The molecule has 0 bridgehead atoms. The Bertz CT molecular complexity index is 1030. The average molecular weight is 523 g/mol. The highest BCUT2D eigenvalue weighted by Crippen LogP contribution is 2.21. The van der Waals surface area contributed by atoms with Crippen LogP contribution in [0.3, 0.4) is 0 Å². The lowest BCUT2D eigenvalue weighted by Crippen LogP contribution is -2.58. The summed E-state index contributed by atoms with van der Waals surface area (Å²) in [6.45, 7) is 6.93. The molecule has 0 saturated carbocycles. The van der Waals surface area contributed by atoms with E-state index >= 15 is 0 Å². The van der Waals surface area contributed by atoms with Gasteiger partial charge < -0.3 is 26.0 Å². The Morgan fingerprint density at radius 2 is 1.74 bits per heavy atom. The Morgan fingerprint density at radius 1 is 0.947 bits per heavy atom. The first-order chi connectivity index (χ1) is 18.4. The number of rotatable bonds is 5. The lowest BCUT2D eigenvalue weighted by molar-refractivity contribution is -0.133. The van der Waals surface area contributed by atoms with Crippen molar-refractivity contribution in [1.82, 2.24) is 21.3 Å². The molecule has 1 aliphatic heterocycles. The zero-order valence-electron chi connectivity index (χ0n) is 22.8. The number of allylic oxidation sites excluding steroid dienone is 4. The van der Waals surface area contributed by atoms with Crippen molar-refractivity contribution in [2.75, 3.05) is 19.7 Å². The highest BCUT2D eigenvalue weighted by atomic mass is 16.5. The van der Waals surface area contributed by atoms with Gasteiger partial charge in [0, 0.05) is 13.1 Å². The molecule has 1 aromatic rings. The van der Waals surface area contributed by atoms with Crippen LogP contribution in [-0.2, 0) is 25.5 Å². The van der Waals surface area contributed by atoms with Crippen LogP contribution in [0, 0.1) is 5.92 Å². The summed E-state index contributed by atoms with van der Waals surface area (Å²) < 4.78 is 6.07. The normalized spacial score (nSPS) is 24.8. The Hall–Kier alpha value is -3.39. The summed E-state index contributed by atoms with van der Waals surface area (Å²) in [5.74, 6) is -0.217. The van der Waals surface area contributed by atoms with Crippen LogP contribution >= 0.6 is 0 Å². The van der Waals surface area contributed by atoms with Crippen molar-refractivity contribution in [3.05, 3.63) is 71.5 Å². The highest BCUT2D eigenvalue weighted by molar-refractivity contribution is 5.93. The molecule has 0 fully saturated rings. The zero-order chi connectivity index (χ0) is 27.3. The fraction of sp³-hybridized carbons (Fsp3) is 0.500. The summed E-state index contributed by atoms with van der Waals surface area (Å²) >= 11 is 0. The van der Waals surface area contributed by atoms with Gasteiger partial charge in [0.25, 0.3) is 0 Å². The molecule has 1 aromatic carbocycles. The van der Waals surface area contributed by atoms with Crippen LogP contribution in [0.25, 0.3) is 0 Å². The number of nitrogens with one attached hydrogen (secondary N) is 4. The third-order valence-corrected chi connectivity index (χ3v) is 6.69. The smallest absolute Gasteiger partial charge is 0.243 e. The van der Waals surface area contributed by atoms with Gasteiger partial charge in [0.15, 0.2) is 0 Å². The minimum atomic E-state index is -0.773. The highest BCUT2D eigenvalue weighted by Gasteiger charge is 2.30. The molecule has 3 atom stereocenters. The molecule has 0 spiro atoms. The summed E-state index contributed by atoms with van der Waals surface area (Å²) in [6.07, 6.45) is 11.5. The Labute approximate surface area is 226 Å². The van der Waals surface area contributed by atoms with Crippen molar-refractivity contribution in [3.63, 3.8) is 0 Å². The predicted molar refractivity (Wildman–Crippen MR) is 149 cm³/mol. The number of hydrogen-bond donors (Lipinski definition) is 4. The van der Waals surface area contributed by atoms with Gasteiger partial charge >= 0.3 is 0 Å². The molecule has 3 amide bonds. The fourth-order valence-electron chi connectivity index (χ4n) is 4.56. The maximum atomic E-state index is 13.5. The Balaban J connectivity index is 1.86. The third-order valence-electron chi connectivity index (χ3n) is 6.69. The van der Waals surface area contributed by atoms with Crippen LogP contribution in [-0.4, -0.2) is 55.5 Å². The Kier molecular flexibility index (Phi) is 11.6. The van der Waals surface area contributed by atoms with Crippen molar-refractivity contribution in [2.45, 2.75) is 71.0 Å². The molecule has 1 aliphatic carbocycles. The second-order valence-corrected chi connectivity index (χ2v) is 10.1. The van der Waals surface area contributed by atoms with E-state index in [1.54, 1.807) is 0 Å². The van der Waals surface area contributed by atoms with E-state index in [1.807, 2.05) is 69.3 Å². The molecular formula is C30H42N4O4. The molecule has 206 valence electrons. The molecular weight excluding hydrogens is 480 g/mol. The van der Waals surface area contributed by atoms with Crippen LogP contribution in [0.15, 0.2) is 66.0 Å². The average Bonchev–Trinajstić information content (AvgIpc) is 2.91. The van der Waals surface area contributed by atoms with Crippen LogP contribution in [0.1, 0.15) is 52.0 Å². The maximum absolute atomic E-state index is 13.5. The molecule has 2 aliphatic rings. The van der Waals surface area contributed by atoms with Crippen LogP contribution in [0.5, 0.6) is 0 Å². The van der Waals surface area contributed by atoms with Gasteiger partial charge in [0.1, 0.15) is 24.4 Å². The van der Waals surface area contributed by atoms with Crippen LogP contribution in [0.4, 0.5) is 0 Å². The fourth-order valence-corrected chi connectivity index (χ4v) is 4.56. The Morgan fingerprint density at radius 3 is 2.47 bits per heavy atom. The van der Waals surface area contributed by atoms with Gasteiger partial charge in [0.2, 0.25) is 17.7 Å². The monoisotopic (exact) mass is 522 g/mol. The minimum absolute atomic E-state index is 0.165. The molecule has 0 radical (unpaired) electrons. The van der Waals surface area contributed by atoms with Gasteiger partial charge in [0.05, 0.1) is 6.04 Å². The standard InChI is InChI=1S/C30H42N4O4/c1-4-11-24-28(35)32-17-10-15-23-14-8-9-16-26(23)38-19-18-31-25(20-22-12-6-5-7-13-22)29(36)34-27(21(2)3)30(37)33-24/h5-7,9-10,12-13,15-16,21,24-25,27,31H,4,8,11,14,17-20H2,1-3H3,(H,32,35)(H,33,37)(H,34,36)/b15-10+/t24-,25+,27+/m0/s1. The molecule has 3 rings (SSSR count). The molecule has 0 unspecified atom stereocenters. The van der Waals surface area contributed by atoms with Crippen LogP contribution < -0.4 is 21.3 Å². The first-order valence-electron chi connectivity index (χ1n) is 13.7. The molecule has 38 heavy (non-hydrogen) atoms. The van der Waals surface area contributed by atoms with E-state index in [-0.39, 0.29) is 23.6 Å². The van der Waals surface area contributed by atoms with Crippen molar-refractivity contribution in [2.24, 2.45) is 5.92 Å². The lowest BCUT2D eigenvalue weighted by atomic mass is 10.00. The molecule has 0 saturated heterocycles. The number of benzene rings is 1. The van der Waals surface area contributed by atoms with Crippen molar-refractivity contribution in [1.29, 1.82) is 0 Å². The molecule has 4 N–H and O–H groups in total. The molecule has 8 heteroatoms. The quantitative estimate of drug-likeness (QED) is 0.476. The van der Waals surface area contributed by atoms with Crippen molar-refractivity contribution < 1.29 is 19.1 Å². The third kappa shape index (κ3) is 8.87. The zero-order valence-corrected chi connectivity index (χ0v) is 22.8. The number of hydrogen-bond acceptors (Lipinski definition) is 5. The van der Waals surface area contributed by atoms with E-state index in [2.05, 4.69) is 27.3 Å². The molecule has 0 aromatic heterocycles. The van der Waals surface area contributed by atoms with E-state index in [1.165, 1.54) is 0 Å². The predicted octanol–water partition coefficient (Wildman–Crippen LogP) is 2.92.